The molecule has 88 valence electrons. The van der Waals surface area contributed by atoms with E-state index in [1.807, 2.05) is 0 Å². The van der Waals surface area contributed by atoms with Crippen LogP contribution in [0.4, 0.5) is 0 Å². The van der Waals surface area contributed by atoms with E-state index in [2.05, 4.69) is 0 Å². The van der Waals surface area contributed by atoms with Crippen LogP contribution in [0, 0.1) is 0 Å². The van der Waals surface area contributed by atoms with Crippen LogP contribution in [-0.4, -0.2) is 26.4 Å². The van der Waals surface area contributed by atoms with Crippen molar-refractivity contribution in [3.05, 3.63) is 35.4 Å². The first-order chi connectivity index (χ1) is 8.02. The van der Waals surface area contributed by atoms with Gasteiger partial charge in [-0.3, -0.25) is 0 Å². The normalized spacial score (nSPS) is 10.6. The van der Waals surface area contributed by atoms with Gasteiger partial charge in [0.25, 0.3) is 0 Å². The molecule has 0 spiro atoms. The van der Waals surface area contributed by atoms with Crippen LogP contribution >= 0.6 is 0 Å². The Morgan fingerprint density at radius 2 is 1.59 bits per heavy atom. The molecular weight excluding hydrogens is 224 g/mol. The summed E-state index contributed by atoms with van der Waals surface area (Å²) < 4.78 is 0. The zero-order chi connectivity index (χ0) is 12.6. The van der Waals surface area contributed by atoms with Crippen molar-refractivity contribution in [2.24, 2.45) is 0 Å². The molecule has 5 heteroatoms. The molecule has 2 aromatic carbocycles. The third kappa shape index (κ3) is 1.88. The second-order valence-corrected chi connectivity index (χ2v) is 3.66. The molecule has 0 amide bonds. The lowest BCUT2D eigenvalue weighted by atomic mass is 10.0. The number of aliphatic hydroxyl groups is 1. The Bertz CT molecular complexity index is 603. The lowest BCUT2D eigenvalue weighted by Crippen LogP contribution is -1.97. The number of carboxylic acid groups (broad SMARTS) is 1. The number of benzene rings is 2. The predicted octanol–water partition coefficient (Wildman–Crippen LogP) is 1.44. The molecule has 0 aliphatic rings. The van der Waals surface area contributed by atoms with Gasteiger partial charge in [-0.25, -0.2) is 4.79 Å². The third-order valence-electron chi connectivity index (χ3n) is 2.55. The summed E-state index contributed by atoms with van der Waals surface area (Å²) in [4.78, 5) is 10.8. The number of aromatic carboxylic acids is 1. The van der Waals surface area contributed by atoms with E-state index in [1.165, 1.54) is 24.3 Å². The van der Waals surface area contributed by atoms with Gasteiger partial charge in [-0.2, -0.15) is 0 Å². The van der Waals surface area contributed by atoms with Gasteiger partial charge in [-0.15, -0.1) is 0 Å². The van der Waals surface area contributed by atoms with Crippen LogP contribution in [0.1, 0.15) is 15.9 Å². The number of aliphatic hydroxyl groups excluding tert-OH is 1. The van der Waals surface area contributed by atoms with Gasteiger partial charge in [0.2, 0.25) is 0 Å². The molecule has 17 heavy (non-hydrogen) atoms. The Kier molecular flexibility index (Phi) is 2.61. The van der Waals surface area contributed by atoms with Gasteiger partial charge in [0.1, 0.15) is 17.1 Å². The van der Waals surface area contributed by atoms with Gasteiger partial charge in [0.15, 0.2) is 0 Å². The molecule has 0 aliphatic heterocycles. The molecule has 0 radical (unpaired) electrons. The second kappa shape index (κ2) is 3.95. The number of aromatic hydroxyl groups is 2. The summed E-state index contributed by atoms with van der Waals surface area (Å²) >= 11 is 0. The molecule has 0 fully saturated rings. The van der Waals surface area contributed by atoms with E-state index in [1.54, 1.807) is 0 Å². The zero-order valence-corrected chi connectivity index (χ0v) is 8.71. The van der Waals surface area contributed by atoms with Gasteiger partial charge < -0.3 is 20.4 Å². The summed E-state index contributed by atoms with van der Waals surface area (Å²) in [5, 5.41) is 37.9. The van der Waals surface area contributed by atoms with Crippen LogP contribution in [0.3, 0.4) is 0 Å². The fraction of sp³-hybridized carbons (Fsp3) is 0.0833. The first kappa shape index (κ1) is 11.2. The summed E-state index contributed by atoms with van der Waals surface area (Å²) in [5.41, 5.74) is 0.0913. The van der Waals surface area contributed by atoms with E-state index in [-0.39, 0.29) is 23.7 Å². The molecule has 0 unspecified atom stereocenters. The molecule has 0 atom stereocenters. The van der Waals surface area contributed by atoms with Gasteiger partial charge in [-0.05, 0) is 35.0 Å². The maximum Gasteiger partial charge on any atom is 0.339 e. The molecule has 2 rings (SSSR count). The Hall–Kier alpha value is -2.27. The minimum absolute atomic E-state index is 0.109. The van der Waals surface area contributed by atoms with Crippen LogP contribution in [0.15, 0.2) is 24.3 Å². The number of hydrogen-bond acceptors (Lipinski definition) is 4. The second-order valence-electron chi connectivity index (χ2n) is 3.66. The fourth-order valence-electron chi connectivity index (χ4n) is 1.67. The third-order valence-corrected chi connectivity index (χ3v) is 2.55. The van der Waals surface area contributed by atoms with Crippen molar-refractivity contribution < 1.29 is 25.2 Å². The quantitative estimate of drug-likeness (QED) is 0.630. The Morgan fingerprint density at radius 1 is 1.00 bits per heavy atom. The van der Waals surface area contributed by atoms with Crippen molar-refractivity contribution in [3.8, 4) is 11.5 Å². The molecule has 0 bridgehead atoms. The first-order valence-corrected chi connectivity index (χ1v) is 4.85. The summed E-state index contributed by atoms with van der Waals surface area (Å²) in [5.74, 6) is -1.70. The van der Waals surface area contributed by atoms with E-state index in [0.29, 0.717) is 16.3 Å². The highest BCUT2D eigenvalue weighted by Crippen LogP contribution is 2.30. The molecule has 0 saturated heterocycles. The van der Waals surface area contributed by atoms with E-state index in [0.717, 1.165) is 0 Å². The summed E-state index contributed by atoms with van der Waals surface area (Å²) in [6.45, 7) is -0.330. The van der Waals surface area contributed by atoms with Crippen LogP contribution in [0.2, 0.25) is 0 Å². The van der Waals surface area contributed by atoms with Crippen molar-refractivity contribution in [1.29, 1.82) is 0 Å². The van der Waals surface area contributed by atoms with Gasteiger partial charge in [0.05, 0.1) is 6.61 Å². The van der Waals surface area contributed by atoms with Gasteiger partial charge in [-0.1, -0.05) is 0 Å². The number of fused-ring (bicyclic) bond motifs is 1. The molecule has 0 heterocycles. The summed E-state index contributed by atoms with van der Waals surface area (Å²) in [6.07, 6.45) is 0. The van der Waals surface area contributed by atoms with Crippen LogP contribution in [0.5, 0.6) is 11.5 Å². The average Bonchev–Trinajstić information content (AvgIpc) is 2.27. The van der Waals surface area contributed by atoms with Crippen molar-refractivity contribution in [2.75, 3.05) is 0 Å². The minimum atomic E-state index is -1.24. The molecule has 0 aliphatic carbocycles. The highest BCUT2D eigenvalue weighted by molar-refractivity contribution is 5.98. The van der Waals surface area contributed by atoms with Crippen LogP contribution < -0.4 is 0 Å². The Morgan fingerprint density at radius 3 is 2.18 bits per heavy atom. The standard InChI is InChI=1S/C12H10O5/c13-5-8-1-6-4-11(15)9(12(16)17)2-7(6)3-10(8)14/h1-4,13-15H,5H2,(H,16,17). The molecule has 2 aromatic rings. The van der Waals surface area contributed by atoms with Crippen molar-refractivity contribution >= 4 is 16.7 Å². The number of carbonyl (C=O) groups is 1. The molecule has 0 aromatic heterocycles. The Labute approximate surface area is 96.2 Å². The van der Waals surface area contributed by atoms with Crippen LogP contribution in [-0.2, 0) is 6.61 Å². The Balaban J connectivity index is 2.75. The topological polar surface area (TPSA) is 98.0 Å². The van der Waals surface area contributed by atoms with Crippen molar-refractivity contribution in [3.63, 3.8) is 0 Å². The molecule has 5 nitrogen and oxygen atoms in total. The lowest BCUT2D eigenvalue weighted by molar-refractivity contribution is 0.0694. The zero-order valence-electron chi connectivity index (χ0n) is 8.71. The van der Waals surface area contributed by atoms with E-state index in [4.69, 9.17) is 10.2 Å². The van der Waals surface area contributed by atoms with E-state index in [9.17, 15) is 15.0 Å². The molecule has 4 N–H and O–H groups in total. The van der Waals surface area contributed by atoms with Gasteiger partial charge >= 0.3 is 5.97 Å². The van der Waals surface area contributed by atoms with Gasteiger partial charge in [0, 0.05) is 5.56 Å². The largest absolute Gasteiger partial charge is 0.508 e. The number of hydrogen-bond donors (Lipinski definition) is 4. The van der Waals surface area contributed by atoms with Crippen LogP contribution in [0.25, 0.3) is 10.8 Å². The molecular formula is C12H10O5. The highest BCUT2D eigenvalue weighted by Gasteiger charge is 2.12. The SMILES string of the molecule is O=C(O)c1cc2cc(O)c(CO)cc2cc1O. The van der Waals surface area contributed by atoms with E-state index < -0.39 is 5.97 Å². The van der Waals surface area contributed by atoms with Crippen molar-refractivity contribution in [1.82, 2.24) is 0 Å². The highest BCUT2D eigenvalue weighted by atomic mass is 16.4. The smallest absolute Gasteiger partial charge is 0.339 e. The summed E-state index contributed by atoms with van der Waals surface area (Å²) in [6, 6.07) is 5.41. The monoisotopic (exact) mass is 234 g/mol. The maximum absolute atomic E-state index is 10.8. The minimum Gasteiger partial charge on any atom is -0.508 e. The fourth-order valence-corrected chi connectivity index (χ4v) is 1.67. The number of rotatable bonds is 2. The van der Waals surface area contributed by atoms with Crippen molar-refractivity contribution in [2.45, 2.75) is 6.61 Å². The maximum atomic E-state index is 10.8. The lowest BCUT2D eigenvalue weighted by Gasteiger charge is -2.07. The predicted molar refractivity (Wildman–Crippen MR) is 60.2 cm³/mol. The molecule has 0 saturated carbocycles. The summed E-state index contributed by atoms with van der Waals surface area (Å²) in [7, 11) is 0. The van der Waals surface area contributed by atoms with E-state index >= 15 is 0 Å². The average molecular weight is 234 g/mol. The number of phenols is 2. The first-order valence-electron chi connectivity index (χ1n) is 4.85. The number of carboxylic acids is 1.